The van der Waals surface area contributed by atoms with Gasteiger partial charge in [0.15, 0.2) is 22.5 Å². The topological polar surface area (TPSA) is 98.1 Å². The van der Waals surface area contributed by atoms with Crippen LogP contribution in [0.1, 0.15) is 51.4 Å². The first kappa shape index (κ1) is 23.5. The number of aromatic nitrogens is 3. The van der Waals surface area contributed by atoms with Gasteiger partial charge in [0.05, 0.1) is 5.25 Å². The first-order valence-corrected chi connectivity index (χ1v) is 12.3. The average molecular weight is 476 g/mol. The summed E-state index contributed by atoms with van der Waals surface area (Å²) in [6, 6.07) is 5.83. The predicted molar refractivity (Wildman–Crippen MR) is 122 cm³/mol. The first-order valence-electron chi connectivity index (χ1n) is 11.4. The summed E-state index contributed by atoms with van der Waals surface area (Å²) in [5, 5.41) is 13.4. The fourth-order valence-electron chi connectivity index (χ4n) is 5.16. The van der Waals surface area contributed by atoms with Crippen molar-refractivity contribution in [3.63, 3.8) is 0 Å². The number of benzene rings is 1. The number of hydrogen-bond acceptors (Lipinski definition) is 6. The number of halogens is 1. The lowest BCUT2D eigenvalue weighted by Crippen LogP contribution is -2.41. The van der Waals surface area contributed by atoms with Crippen molar-refractivity contribution in [1.29, 1.82) is 0 Å². The van der Waals surface area contributed by atoms with Crippen LogP contribution in [0, 0.1) is 23.6 Å². The molecule has 2 aromatic rings. The summed E-state index contributed by atoms with van der Waals surface area (Å²) in [6.07, 6.45) is 4.99. The molecule has 2 saturated carbocycles. The number of nitrogens with one attached hydrogen (secondary N) is 2. The molecule has 1 aromatic carbocycles. The Kier molecular flexibility index (Phi) is 7.21. The number of thioether (sulfide) groups is 1. The molecule has 10 heteroatoms. The largest absolute Gasteiger partial charge is 0.483 e. The highest BCUT2D eigenvalue weighted by molar-refractivity contribution is 8.00. The lowest BCUT2D eigenvalue weighted by Gasteiger charge is -2.30. The van der Waals surface area contributed by atoms with Crippen LogP contribution < -0.4 is 15.4 Å². The lowest BCUT2D eigenvalue weighted by molar-refractivity contribution is -0.119. The molecule has 0 saturated heterocycles. The van der Waals surface area contributed by atoms with Crippen molar-refractivity contribution < 1.29 is 18.7 Å². The zero-order valence-corrected chi connectivity index (χ0v) is 19.9. The molecule has 1 heterocycles. The molecular formula is C23H30FN5O3S. The average Bonchev–Trinajstić information content (AvgIpc) is 3.54. The van der Waals surface area contributed by atoms with Gasteiger partial charge in [-0.25, -0.2) is 9.18 Å². The van der Waals surface area contributed by atoms with E-state index in [1.165, 1.54) is 50.6 Å². The van der Waals surface area contributed by atoms with Crippen LogP contribution in [0.2, 0.25) is 0 Å². The number of ether oxygens (including phenoxy) is 1. The molecule has 2 bridgehead atoms. The maximum atomic E-state index is 14.0. The number of urea groups is 1. The SMILES string of the molecule is CNC(=O)NC(=O)C(C)Sc1nnc(COc2ccccc2F)n1C(C)C1CC2CCC1C2. The monoisotopic (exact) mass is 475 g/mol. The van der Waals surface area contributed by atoms with Crippen molar-refractivity contribution in [3.8, 4) is 5.75 Å². The second kappa shape index (κ2) is 10.1. The summed E-state index contributed by atoms with van der Waals surface area (Å²) >= 11 is 1.25. The Morgan fingerprint density at radius 3 is 2.70 bits per heavy atom. The smallest absolute Gasteiger partial charge is 0.321 e. The molecule has 8 nitrogen and oxygen atoms in total. The Morgan fingerprint density at radius 2 is 2.03 bits per heavy atom. The fraction of sp³-hybridized carbons (Fsp3) is 0.565. The maximum Gasteiger partial charge on any atom is 0.321 e. The number of carbonyl (C=O) groups excluding carboxylic acids is 2. The summed E-state index contributed by atoms with van der Waals surface area (Å²) in [5.41, 5.74) is 0. The summed E-state index contributed by atoms with van der Waals surface area (Å²) in [5.74, 6) is 1.87. The van der Waals surface area contributed by atoms with Crippen molar-refractivity contribution in [2.45, 2.75) is 62.6 Å². The molecule has 178 valence electrons. The molecule has 4 rings (SSSR count). The molecule has 2 fully saturated rings. The van der Waals surface area contributed by atoms with E-state index in [2.05, 4.69) is 27.8 Å². The number of nitrogens with zero attached hydrogens (tertiary/aromatic N) is 3. The molecule has 0 aliphatic heterocycles. The molecule has 0 spiro atoms. The molecule has 2 N–H and O–H groups in total. The first-order chi connectivity index (χ1) is 15.9. The summed E-state index contributed by atoms with van der Waals surface area (Å²) in [4.78, 5) is 23.9. The van der Waals surface area contributed by atoms with Crippen molar-refractivity contribution >= 4 is 23.7 Å². The number of imide groups is 1. The van der Waals surface area contributed by atoms with Gasteiger partial charge >= 0.3 is 6.03 Å². The van der Waals surface area contributed by atoms with Crippen molar-refractivity contribution in [2.24, 2.45) is 17.8 Å². The Balaban J connectivity index is 1.56. The van der Waals surface area contributed by atoms with Crippen LogP contribution in [0.3, 0.4) is 0 Å². The van der Waals surface area contributed by atoms with Gasteiger partial charge in [0.2, 0.25) is 5.91 Å². The highest BCUT2D eigenvalue weighted by Gasteiger charge is 2.43. The highest BCUT2D eigenvalue weighted by atomic mass is 32.2. The third kappa shape index (κ3) is 5.15. The molecule has 33 heavy (non-hydrogen) atoms. The van der Waals surface area contributed by atoms with E-state index >= 15 is 0 Å². The fourth-order valence-corrected chi connectivity index (χ4v) is 6.12. The van der Waals surface area contributed by atoms with Crippen molar-refractivity contribution in [1.82, 2.24) is 25.4 Å². The van der Waals surface area contributed by atoms with Gasteiger partial charge in [-0.1, -0.05) is 30.3 Å². The number of amides is 3. The quantitative estimate of drug-likeness (QED) is 0.562. The Hall–Kier alpha value is -2.62. The molecule has 2 aliphatic rings. The van der Waals surface area contributed by atoms with Crippen LogP contribution in [-0.4, -0.2) is 39.0 Å². The van der Waals surface area contributed by atoms with Crippen molar-refractivity contribution in [3.05, 3.63) is 35.9 Å². The minimum absolute atomic E-state index is 0.0679. The standard InChI is InChI=1S/C23H30FN5O3S/c1-13(17-11-15-8-9-16(17)10-15)29-20(12-32-19-7-5-4-6-18(19)24)27-28-23(29)33-14(2)21(30)26-22(31)25-3/h4-7,13-17H,8-12H2,1-3H3,(H2,25,26,30,31). The highest BCUT2D eigenvalue weighted by Crippen LogP contribution is 2.52. The second-order valence-corrected chi connectivity index (χ2v) is 10.2. The molecule has 0 radical (unpaired) electrons. The number of carbonyl (C=O) groups is 2. The number of para-hydroxylation sites is 1. The molecule has 2 aliphatic carbocycles. The van der Waals surface area contributed by atoms with Crippen LogP contribution >= 0.6 is 11.8 Å². The van der Waals surface area contributed by atoms with E-state index in [9.17, 15) is 14.0 Å². The normalized spacial score (nSPS) is 23.2. The maximum absolute atomic E-state index is 14.0. The Bertz CT molecular complexity index is 1020. The molecular weight excluding hydrogens is 445 g/mol. The van der Waals surface area contributed by atoms with Gasteiger partial charge in [0, 0.05) is 13.1 Å². The number of hydrogen-bond donors (Lipinski definition) is 2. The molecule has 5 atom stereocenters. The summed E-state index contributed by atoms with van der Waals surface area (Å²) in [7, 11) is 1.45. The molecule has 5 unspecified atom stereocenters. The van der Waals surface area contributed by atoms with E-state index in [0.29, 0.717) is 22.8 Å². The molecule has 3 amide bonds. The van der Waals surface area contributed by atoms with E-state index in [4.69, 9.17) is 4.74 Å². The van der Waals surface area contributed by atoms with E-state index in [0.717, 1.165) is 5.92 Å². The summed E-state index contributed by atoms with van der Waals surface area (Å²) < 4.78 is 21.8. The van der Waals surface area contributed by atoms with E-state index < -0.39 is 23.0 Å². The van der Waals surface area contributed by atoms with Crippen LogP contribution in [0.5, 0.6) is 5.75 Å². The van der Waals surface area contributed by atoms with Crippen molar-refractivity contribution in [2.75, 3.05) is 7.05 Å². The minimum atomic E-state index is -0.558. The Morgan fingerprint density at radius 1 is 1.24 bits per heavy atom. The van der Waals surface area contributed by atoms with Gasteiger partial charge in [-0.2, -0.15) is 0 Å². The van der Waals surface area contributed by atoms with Crippen LogP contribution in [0.4, 0.5) is 9.18 Å². The van der Waals surface area contributed by atoms with Crippen LogP contribution in [0.25, 0.3) is 0 Å². The second-order valence-electron chi connectivity index (χ2n) is 8.90. The number of fused-ring (bicyclic) bond motifs is 2. The molecule has 1 aromatic heterocycles. The van der Waals surface area contributed by atoms with Gasteiger partial charge in [-0.05, 0) is 63.0 Å². The lowest BCUT2D eigenvalue weighted by atomic mass is 9.84. The Labute approximate surface area is 197 Å². The minimum Gasteiger partial charge on any atom is -0.483 e. The number of rotatable bonds is 8. The van der Waals surface area contributed by atoms with E-state index in [1.807, 2.05) is 4.57 Å². The van der Waals surface area contributed by atoms with Gasteiger partial charge in [0.1, 0.15) is 6.61 Å². The van der Waals surface area contributed by atoms with Gasteiger partial charge in [0.25, 0.3) is 0 Å². The third-order valence-electron chi connectivity index (χ3n) is 6.86. The van der Waals surface area contributed by atoms with Gasteiger partial charge in [-0.3, -0.25) is 14.7 Å². The third-order valence-corrected chi connectivity index (χ3v) is 7.92. The van der Waals surface area contributed by atoms with E-state index in [-0.39, 0.29) is 18.4 Å². The zero-order chi connectivity index (χ0) is 23.5. The zero-order valence-electron chi connectivity index (χ0n) is 19.1. The van der Waals surface area contributed by atoms with Crippen LogP contribution in [0.15, 0.2) is 29.4 Å². The van der Waals surface area contributed by atoms with Gasteiger partial charge in [-0.15, -0.1) is 10.2 Å². The van der Waals surface area contributed by atoms with Gasteiger partial charge < -0.3 is 10.1 Å². The predicted octanol–water partition coefficient (Wildman–Crippen LogP) is 3.93. The van der Waals surface area contributed by atoms with Crippen LogP contribution in [-0.2, 0) is 11.4 Å². The van der Waals surface area contributed by atoms with E-state index in [1.54, 1.807) is 25.1 Å². The summed E-state index contributed by atoms with van der Waals surface area (Å²) in [6.45, 7) is 3.96.